The van der Waals surface area contributed by atoms with Gasteiger partial charge in [-0.15, -0.1) is 0 Å². The number of fused-ring (bicyclic) bond motifs is 1. The van der Waals surface area contributed by atoms with Gasteiger partial charge in [-0.05, 0) is 30.5 Å². The van der Waals surface area contributed by atoms with Gasteiger partial charge in [0, 0.05) is 29.7 Å². The standard InChI is InChI=1S/C24H32N2O3/c1-5-7-15-29-16-23(3,4)24(26-22(28)25-6-2)20-18(13-14-19(27)21(20)24)17-11-9-8-10-12-17/h8-14,27H,5-7,15-16H2,1-4H3,(H2,25,26,28). The maximum absolute atomic E-state index is 12.6. The molecule has 2 aromatic rings. The molecule has 0 heterocycles. The number of hydrogen-bond donors (Lipinski definition) is 3. The van der Waals surface area contributed by atoms with Gasteiger partial charge in [0.2, 0.25) is 0 Å². The molecule has 0 bridgehead atoms. The van der Waals surface area contributed by atoms with E-state index in [4.69, 9.17) is 4.74 Å². The first-order valence-corrected chi connectivity index (χ1v) is 10.4. The molecule has 2 amide bonds. The molecule has 29 heavy (non-hydrogen) atoms. The van der Waals surface area contributed by atoms with Gasteiger partial charge < -0.3 is 20.5 Å². The summed E-state index contributed by atoms with van der Waals surface area (Å²) in [5, 5.41) is 16.7. The SMILES string of the molecule is CCCCOCC(C)(C)C1(NC(=O)NCC)c2c(O)ccc(-c3ccccc3)c21. The summed E-state index contributed by atoms with van der Waals surface area (Å²) in [5.74, 6) is 0.207. The van der Waals surface area contributed by atoms with E-state index in [0.717, 1.165) is 35.1 Å². The van der Waals surface area contributed by atoms with Crippen molar-refractivity contribution in [1.82, 2.24) is 10.6 Å². The number of aromatic hydroxyl groups is 1. The smallest absolute Gasteiger partial charge is 0.315 e. The lowest BCUT2D eigenvalue weighted by Crippen LogP contribution is -2.52. The molecule has 0 aliphatic heterocycles. The number of carbonyl (C=O) groups is 1. The highest BCUT2D eigenvalue weighted by Gasteiger charge is 2.64. The van der Waals surface area contributed by atoms with Gasteiger partial charge in [0.05, 0.1) is 6.61 Å². The number of unbranched alkanes of at least 4 members (excludes halogenated alkanes) is 1. The lowest BCUT2D eigenvalue weighted by molar-refractivity contribution is 0.0297. The molecule has 1 aliphatic carbocycles. The molecule has 0 saturated carbocycles. The lowest BCUT2D eigenvalue weighted by Gasteiger charge is -2.36. The van der Waals surface area contributed by atoms with Gasteiger partial charge in [0.15, 0.2) is 0 Å². The number of benzene rings is 2. The van der Waals surface area contributed by atoms with Crippen molar-refractivity contribution >= 4 is 6.03 Å². The van der Waals surface area contributed by atoms with Crippen LogP contribution in [0.1, 0.15) is 51.7 Å². The second-order valence-corrected chi connectivity index (χ2v) is 8.27. The third-order valence-electron chi connectivity index (χ3n) is 5.71. The highest BCUT2D eigenvalue weighted by Crippen LogP contribution is 2.64. The minimum absolute atomic E-state index is 0.207. The first kappa shape index (κ1) is 21.2. The molecule has 1 atom stereocenters. The van der Waals surface area contributed by atoms with Gasteiger partial charge in [0.1, 0.15) is 11.3 Å². The fraction of sp³-hybridized carbons (Fsp3) is 0.458. The van der Waals surface area contributed by atoms with E-state index in [0.29, 0.717) is 19.8 Å². The number of phenolic OH excluding ortho intramolecular Hbond substituents is 1. The van der Waals surface area contributed by atoms with E-state index in [9.17, 15) is 9.90 Å². The predicted octanol–water partition coefficient (Wildman–Crippen LogP) is 4.78. The van der Waals surface area contributed by atoms with Gasteiger partial charge in [0.25, 0.3) is 0 Å². The third kappa shape index (κ3) is 3.84. The number of amides is 2. The van der Waals surface area contributed by atoms with E-state index in [-0.39, 0.29) is 11.8 Å². The average Bonchev–Trinajstić information content (AvgIpc) is 3.38. The minimum Gasteiger partial charge on any atom is -0.508 e. The highest BCUT2D eigenvalue weighted by molar-refractivity contribution is 5.87. The van der Waals surface area contributed by atoms with Crippen LogP contribution in [-0.2, 0) is 10.3 Å². The molecule has 0 saturated heterocycles. The Balaban J connectivity index is 2.03. The largest absolute Gasteiger partial charge is 0.508 e. The van der Waals surface area contributed by atoms with Crippen LogP contribution >= 0.6 is 0 Å². The number of phenols is 1. The van der Waals surface area contributed by atoms with Gasteiger partial charge in [-0.25, -0.2) is 4.79 Å². The molecular weight excluding hydrogens is 364 g/mol. The van der Waals surface area contributed by atoms with E-state index >= 15 is 0 Å². The summed E-state index contributed by atoms with van der Waals surface area (Å²) >= 11 is 0. The quantitative estimate of drug-likeness (QED) is 0.534. The van der Waals surface area contributed by atoms with Crippen molar-refractivity contribution < 1.29 is 14.6 Å². The molecule has 156 valence electrons. The number of ether oxygens (including phenoxy) is 1. The van der Waals surface area contributed by atoms with Crippen molar-refractivity contribution in [3.8, 4) is 16.9 Å². The fourth-order valence-electron chi connectivity index (χ4n) is 4.15. The summed E-state index contributed by atoms with van der Waals surface area (Å²) in [7, 11) is 0. The summed E-state index contributed by atoms with van der Waals surface area (Å²) in [6.07, 6.45) is 2.07. The van der Waals surface area contributed by atoms with Crippen molar-refractivity contribution in [3.05, 3.63) is 53.6 Å². The van der Waals surface area contributed by atoms with Gasteiger partial charge in [-0.3, -0.25) is 0 Å². The van der Waals surface area contributed by atoms with Crippen LogP contribution in [-0.4, -0.2) is 30.9 Å². The van der Waals surface area contributed by atoms with E-state index in [1.165, 1.54) is 0 Å². The van der Waals surface area contributed by atoms with Crippen molar-refractivity contribution in [1.29, 1.82) is 0 Å². The van der Waals surface area contributed by atoms with Crippen molar-refractivity contribution in [3.63, 3.8) is 0 Å². The summed E-state index contributed by atoms with van der Waals surface area (Å²) in [6, 6.07) is 13.5. The Kier molecular flexibility index (Phi) is 6.18. The van der Waals surface area contributed by atoms with Crippen LogP contribution in [0.2, 0.25) is 0 Å². The molecule has 5 nitrogen and oxygen atoms in total. The molecule has 3 N–H and O–H groups in total. The Morgan fingerprint density at radius 3 is 2.48 bits per heavy atom. The van der Waals surface area contributed by atoms with Crippen LogP contribution in [0.3, 0.4) is 0 Å². The first-order chi connectivity index (χ1) is 13.9. The van der Waals surface area contributed by atoms with Crippen LogP contribution in [0.15, 0.2) is 42.5 Å². The summed E-state index contributed by atoms with van der Waals surface area (Å²) in [6.45, 7) is 9.88. The molecule has 1 unspecified atom stereocenters. The molecule has 3 rings (SSSR count). The number of carbonyl (C=O) groups excluding carboxylic acids is 1. The number of nitrogens with one attached hydrogen (secondary N) is 2. The second-order valence-electron chi connectivity index (χ2n) is 8.27. The van der Waals surface area contributed by atoms with E-state index < -0.39 is 11.0 Å². The van der Waals surface area contributed by atoms with Crippen LogP contribution in [0, 0.1) is 5.41 Å². The number of hydrogen-bond acceptors (Lipinski definition) is 3. The second kappa shape index (κ2) is 8.46. The Hall–Kier alpha value is -2.53. The Bertz CT molecular complexity index is 864. The predicted molar refractivity (Wildman–Crippen MR) is 116 cm³/mol. The Morgan fingerprint density at radius 2 is 1.83 bits per heavy atom. The maximum Gasteiger partial charge on any atom is 0.315 e. The third-order valence-corrected chi connectivity index (χ3v) is 5.71. The van der Waals surface area contributed by atoms with Crippen LogP contribution in [0.4, 0.5) is 4.79 Å². The molecule has 0 fully saturated rings. The first-order valence-electron chi connectivity index (χ1n) is 10.4. The molecular formula is C24H32N2O3. The zero-order valence-corrected chi connectivity index (χ0v) is 17.8. The topological polar surface area (TPSA) is 70.6 Å². The summed E-state index contributed by atoms with van der Waals surface area (Å²) in [5.41, 5.74) is 2.62. The monoisotopic (exact) mass is 396 g/mol. The maximum atomic E-state index is 12.6. The number of rotatable bonds is 9. The summed E-state index contributed by atoms with van der Waals surface area (Å²) < 4.78 is 5.97. The zero-order chi connectivity index (χ0) is 21.1. The van der Waals surface area contributed by atoms with Crippen molar-refractivity contribution in [2.24, 2.45) is 5.41 Å². The Morgan fingerprint density at radius 1 is 1.10 bits per heavy atom. The number of urea groups is 1. The molecule has 0 spiro atoms. The zero-order valence-electron chi connectivity index (χ0n) is 17.8. The van der Waals surface area contributed by atoms with Gasteiger partial charge in [-0.2, -0.15) is 0 Å². The fourth-order valence-corrected chi connectivity index (χ4v) is 4.15. The van der Waals surface area contributed by atoms with Crippen molar-refractivity contribution in [2.45, 2.75) is 46.1 Å². The van der Waals surface area contributed by atoms with E-state index in [2.05, 4.69) is 31.4 Å². The molecule has 0 radical (unpaired) electrons. The van der Waals surface area contributed by atoms with Crippen LogP contribution in [0.5, 0.6) is 5.75 Å². The molecule has 1 aliphatic rings. The van der Waals surface area contributed by atoms with Gasteiger partial charge in [-0.1, -0.05) is 63.6 Å². The van der Waals surface area contributed by atoms with Crippen LogP contribution in [0.25, 0.3) is 11.1 Å². The normalized spacial score (nSPS) is 17.5. The molecule has 5 heteroatoms. The van der Waals surface area contributed by atoms with Crippen LogP contribution < -0.4 is 10.6 Å². The lowest BCUT2D eigenvalue weighted by atomic mass is 9.79. The van der Waals surface area contributed by atoms with E-state index in [1.54, 1.807) is 6.07 Å². The average molecular weight is 397 g/mol. The Labute approximate surface area is 173 Å². The summed E-state index contributed by atoms with van der Waals surface area (Å²) in [4.78, 5) is 12.6. The molecule has 2 aromatic carbocycles. The minimum atomic E-state index is -0.781. The van der Waals surface area contributed by atoms with Crippen molar-refractivity contribution in [2.75, 3.05) is 19.8 Å². The molecule has 0 aromatic heterocycles. The van der Waals surface area contributed by atoms with E-state index in [1.807, 2.05) is 43.3 Å². The van der Waals surface area contributed by atoms with Gasteiger partial charge >= 0.3 is 6.03 Å². The highest BCUT2D eigenvalue weighted by atomic mass is 16.5.